The number of carbonyl (C=O) groups is 2. The van der Waals surface area contributed by atoms with Gasteiger partial charge in [0, 0.05) is 19.3 Å². The van der Waals surface area contributed by atoms with E-state index in [0.717, 1.165) is 5.69 Å². The number of methoxy groups -OCH3 is 1. The van der Waals surface area contributed by atoms with Crippen LogP contribution in [0.5, 0.6) is 0 Å². The number of esters is 1. The van der Waals surface area contributed by atoms with Gasteiger partial charge >= 0.3 is 5.97 Å². The number of ether oxygens (including phenoxy) is 1. The lowest BCUT2D eigenvalue weighted by Crippen LogP contribution is -2.39. The molecule has 1 aromatic heterocycles. The van der Waals surface area contributed by atoms with Crippen molar-refractivity contribution < 1.29 is 14.3 Å². The fourth-order valence-electron chi connectivity index (χ4n) is 1.97. The molecule has 0 N–H and O–H groups in total. The molecule has 0 aromatic carbocycles. The molecular formula is C11H13ClN2O3. The zero-order chi connectivity index (χ0) is 12.4. The van der Waals surface area contributed by atoms with Crippen molar-refractivity contribution in [2.75, 3.05) is 19.5 Å². The minimum absolute atomic E-state index is 0.0335. The zero-order valence-corrected chi connectivity index (χ0v) is 10.2. The SMILES string of the molecule is COC(=O)c1ccn2c1CN(C(=O)CCl)CC2. The van der Waals surface area contributed by atoms with Crippen LogP contribution in [0.15, 0.2) is 12.3 Å². The van der Waals surface area contributed by atoms with Crippen LogP contribution >= 0.6 is 11.6 Å². The molecule has 0 saturated heterocycles. The number of aromatic nitrogens is 1. The van der Waals surface area contributed by atoms with Gasteiger partial charge in [0.2, 0.25) is 5.91 Å². The Labute approximate surface area is 104 Å². The second-order valence-electron chi connectivity index (χ2n) is 3.81. The lowest BCUT2D eigenvalue weighted by atomic mass is 10.2. The summed E-state index contributed by atoms with van der Waals surface area (Å²) < 4.78 is 6.66. The van der Waals surface area contributed by atoms with E-state index in [1.807, 2.05) is 10.8 Å². The Bertz CT molecular complexity index is 456. The molecule has 0 fully saturated rings. The molecule has 6 heteroatoms. The standard InChI is InChI=1S/C11H13ClN2O3/c1-17-11(16)8-2-3-13-4-5-14(7-9(8)13)10(15)6-12/h2-3H,4-7H2,1H3. The van der Waals surface area contributed by atoms with E-state index in [2.05, 4.69) is 0 Å². The minimum Gasteiger partial charge on any atom is -0.465 e. The van der Waals surface area contributed by atoms with Crippen molar-refractivity contribution in [1.82, 2.24) is 9.47 Å². The van der Waals surface area contributed by atoms with Crippen LogP contribution in [0.2, 0.25) is 0 Å². The Morgan fingerprint density at radius 3 is 2.88 bits per heavy atom. The van der Waals surface area contributed by atoms with E-state index >= 15 is 0 Å². The van der Waals surface area contributed by atoms with Crippen LogP contribution in [0, 0.1) is 0 Å². The van der Waals surface area contributed by atoms with Crippen LogP contribution in [0.4, 0.5) is 0 Å². The minimum atomic E-state index is -0.376. The summed E-state index contributed by atoms with van der Waals surface area (Å²) in [6, 6.07) is 1.72. The molecule has 1 aliphatic rings. The van der Waals surface area contributed by atoms with Gasteiger partial charge in [-0.2, -0.15) is 0 Å². The van der Waals surface area contributed by atoms with Gasteiger partial charge in [-0.3, -0.25) is 4.79 Å². The number of alkyl halides is 1. The van der Waals surface area contributed by atoms with Crippen molar-refractivity contribution in [3.05, 3.63) is 23.5 Å². The van der Waals surface area contributed by atoms with Gasteiger partial charge in [0.1, 0.15) is 5.88 Å². The predicted octanol–water partition coefficient (Wildman–Crippen LogP) is 0.856. The summed E-state index contributed by atoms with van der Waals surface area (Å²) >= 11 is 5.53. The average Bonchev–Trinajstić information content (AvgIpc) is 2.79. The lowest BCUT2D eigenvalue weighted by Gasteiger charge is -2.28. The molecule has 1 aromatic rings. The molecule has 0 radical (unpaired) electrons. The normalized spacial score (nSPS) is 14.4. The van der Waals surface area contributed by atoms with Crippen LogP contribution in [0.25, 0.3) is 0 Å². The number of amides is 1. The van der Waals surface area contributed by atoms with Crippen molar-refractivity contribution in [3.8, 4) is 0 Å². The molecule has 0 atom stereocenters. The van der Waals surface area contributed by atoms with Crippen molar-refractivity contribution >= 4 is 23.5 Å². The maximum absolute atomic E-state index is 11.5. The maximum atomic E-state index is 11.5. The fraction of sp³-hybridized carbons (Fsp3) is 0.455. The molecule has 17 heavy (non-hydrogen) atoms. The highest BCUT2D eigenvalue weighted by atomic mass is 35.5. The highest BCUT2D eigenvalue weighted by Gasteiger charge is 2.24. The largest absolute Gasteiger partial charge is 0.465 e. The Kier molecular flexibility index (Phi) is 3.38. The van der Waals surface area contributed by atoms with Crippen molar-refractivity contribution in [2.45, 2.75) is 13.1 Å². The van der Waals surface area contributed by atoms with Gasteiger partial charge in [0.25, 0.3) is 0 Å². The molecule has 5 nitrogen and oxygen atoms in total. The first-order valence-corrected chi connectivity index (χ1v) is 5.81. The van der Waals surface area contributed by atoms with Crippen molar-refractivity contribution in [3.63, 3.8) is 0 Å². The van der Waals surface area contributed by atoms with E-state index in [-0.39, 0.29) is 17.8 Å². The van der Waals surface area contributed by atoms with Gasteiger partial charge in [-0.15, -0.1) is 11.6 Å². The first-order valence-electron chi connectivity index (χ1n) is 5.27. The summed E-state index contributed by atoms with van der Waals surface area (Å²) in [6.07, 6.45) is 1.84. The molecule has 0 unspecified atom stereocenters. The number of carbonyl (C=O) groups excluding carboxylic acids is 2. The van der Waals surface area contributed by atoms with E-state index in [4.69, 9.17) is 16.3 Å². The number of rotatable bonds is 2. The number of nitrogens with zero attached hydrogens (tertiary/aromatic N) is 2. The molecule has 1 amide bonds. The molecular weight excluding hydrogens is 244 g/mol. The average molecular weight is 257 g/mol. The third-order valence-electron chi connectivity index (χ3n) is 2.90. The van der Waals surface area contributed by atoms with Gasteiger partial charge in [-0.05, 0) is 6.07 Å². The summed E-state index contributed by atoms with van der Waals surface area (Å²) in [5.74, 6) is -0.525. The van der Waals surface area contributed by atoms with Crippen LogP contribution in [-0.2, 0) is 22.6 Å². The summed E-state index contributed by atoms with van der Waals surface area (Å²) in [5.41, 5.74) is 1.32. The molecule has 2 rings (SSSR count). The lowest BCUT2D eigenvalue weighted by molar-refractivity contribution is -0.129. The number of hydrogen-bond donors (Lipinski definition) is 0. The van der Waals surface area contributed by atoms with Gasteiger partial charge in [-0.1, -0.05) is 0 Å². The summed E-state index contributed by atoms with van der Waals surface area (Å²) in [5, 5.41) is 0. The smallest absolute Gasteiger partial charge is 0.339 e. The van der Waals surface area contributed by atoms with Crippen molar-refractivity contribution in [2.24, 2.45) is 0 Å². The highest BCUT2D eigenvalue weighted by molar-refractivity contribution is 6.27. The van der Waals surface area contributed by atoms with E-state index in [9.17, 15) is 9.59 Å². The van der Waals surface area contributed by atoms with Gasteiger partial charge in [-0.25, -0.2) is 4.79 Å². The first-order chi connectivity index (χ1) is 8.17. The predicted molar refractivity (Wildman–Crippen MR) is 61.9 cm³/mol. The van der Waals surface area contributed by atoms with Gasteiger partial charge < -0.3 is 14.2 Å². The third-order valence-corrected chi connectivity index (χ3v) is 3.13. The highest BCUT2D eigenvalue weighted by Crippen LogP contribution is 2.19. The fourth-order valence-corrected chi connectivity index (χ4v) is 2.14. The van der Waals surface area contributed by atoms with E-state index in [1.54, 1.807) is 11.0 Å². The van der Waals surface area contributed by atoms with E-state index < -0.39 is 0 Å². The van der Waals surface area contributed by atoms with Crippen LogP contribution in [-0.4, -0.2) is 40.9 Å². The number of hydrogen-bond acceptors (Lipinski definition) is 3. The molecule has 0 aliphatic carbocycles. The molecule has 2 heterocycles. The molecule has 92 valence electrons. The Morgan fingerprint density at radius 1 is 1.47 bits per heavy atom. The van der Waals surface area contributed by atoms with Crippen LogP contribution < -0.4 is 0 Å². The van der Waals surface area contributed by atoms with Crippen molar-refractivity contribution in [1.29, 1.82) is 0 Å². The Morgan fingerprint density at radius 2 is 2.24 bits per heavy atom. The third kappa shape index (κ3) is 2.15. The Hall–Kier alpha value is -1.49. The Balaban J connectivity index is 2.26. The zero-order valence-electron chi connectivity index (χ0n) is 9.48. The van der Waals surface area contributed by atoms with E-state index in [1.165, 1.54) is 7.11 Å². The van der Waals surface area contributed by atoms with Crippen LogP contribution in [0.1, 0.15) is 16.1 Å². The van der Waals surface area contributed by atoms with Crippen LogP contribution in [0.3, 0.4) is 0 Å². The summed E-state index contributed by atoms with van der Waals surface area (Å²) in [4.78, 5) is 24.7. The monoisotopic (exact) mass is 256 g/mol. The summed E-state index contributed by atoms with van der Waals surface area (Å²) in [7, 11) is 1.34. The summed E-state index contributed by atoms with van der Waals surface area (Å²) in [6.45, 7) is 1.70. The molecule has 1 aliphatic heterocycles. The topological polar surface area (TPSA) is 51.5 Å². The number of halogens is 1. The molecule has 0 saturated carbocycles. The van der Waals surface area contributed by atoms with E-state index in [0.29, 0.717) is 25.2 Å². The number of fused-ring (bicyclic) bond motifs is 1. The molecule has 0 spiro atoms. The first kappa shape index (κ1) is 12.0. The second-order valence-corrected chi connectivity index (χ2v) is 4.08. The quantitative estimate of drug-likeness (QED) is 0.582. The second kappa shape index (κ2) is 4.79. The van der Waals surface area contributed by atoms with Gasteiger partial charge in [0.15, 0.2) is 0 Å². The molecule has 0 bridgehead atoms. The van der Waals surface area contributed by atoms with Gasteiger partial charge in [0.05, 0.1) is 24.9 Å². The maximum Gasteiger partial charge on any atom is 0.339 e.